The van der Waals surface area contributed by atoms with Gasteiger partial charge in [0.1, 0.15) is 22.7 Å². The number of hydrogen-bond donors (Lipinski definition) is 2. The van der Waals surface area contributed by atoms with Gasteiger partial charge in [-0.3, -0.25) is 14.8 Å². The molecule has 0 bridgehead atoms. The minimum Gasteiger partial charge on any atom is -0.497 e. The number of nitrogens with zero attached hydrogens (tertiary/aromatic N) is 4. The van der Waals surface area contributed by atoms with E-state index in [0.717, 1.165) is 23.5 Å². The fourth-order valence-electron chi connectivity index (χ4n) is 4.57. The Balaban J connectivity index is 1.26. The molecule has 2 N–H and O–H groups in total. The van der Waals surface area contributed by atoms with Gasteiger partial charge in [-0.15, -0.1) is 0 Å². The van der Waals surface area contributed by atoms with Gasteiger partial charge in [0.2, 0.25) is 5.95 Å². The minimum atomic E-state index is -0.207. The third kappa shape index (κ3) is 4.56. The van der Waals surface area contributed by atoms with E-state index in [9.17, 15) is 4.79 Å². The second kappa shape index (κ2) is 9.49. The first kappa shape index (κ1) is 22.3. The maximum Gasteiger partial charge on any atom is 0.263 e. The van der Waals surface area contributed by atoms with E-state index in [0.29, 0.717) is 60.5 Å². The summed E-state index contributed by atoms with van der Waals surface area (Å²) in [5, 5.41) is 3.89. The lowest BCUT2D eigenvalue weighted by Crippen LogP contribution is -2.33. The first-order chi connectivity index (χ1) is 17.7. The number of anilines is 2. The third-order valence-corrected chi connectivity index (χ3v) is 6.75. The first-order valence-electron chi connectivity index (χ1n) is 12.3. The molecule has 36 heavy (non-hydrogen) atoms. The summed E-state index contributed by atoms with van der Waals surface area (Å²) in [4.78, 5) is 32.0. The largest absolute Gasteiger partial charge is 0.497 e. The van der Waals surface area contributed by atoms with Gasteiger partial charge in [-0.1, -0.05) is 6.07 Å². The van der Waals surface area contributed by atoms with Crippen molar-refractivity contribution in [2.45, 2.75) is 32.4 Å². The van der Waals surface area contributed by atoms with Gasteiger partial charge in [0.25, 0.3) is 5.56 Å². The van der Waals surface area contributed by atoms with E-state index in [1.165, 1.54) is 18.4 Å². The Morgan fingerprint density at radius 2 is 2.08 bits per heavy atom. The molecule has 1 aliphatic heterocycles. The van der Waals surface area contributed by atoms with Crippen molar-refractivity contribution in [1.82, 2.24) is 19.9 Å². The fourth-order valence-corrected chi connectivity index (χ4v) is 4.57. The number of ether oxygens (including phenoxy) is 2. The molecule has 0 amide bonds. The minimum absolute atomic E-state index is 0.207. The molecule has 0 spiro atoms. The van der Waals surface area contributed by atoms with E-state index in [-0.39, 0.29) is 5.56 Å². The number of benzene rings is 1. The molecule has 2 aliphatic rings. The van der Waals surface area contributed by atoms with Gasteiger partial charge >= 0.3 is 0 Å². The molecular formula is C27H28N6O3. The van der Waals surface area contributed by atoms with Crippen molar-refractivity contribution in [2.75, 3.05) is 30.5 Å². The van der Waals surface area contributed by atoms with E-state index in [1.54, 1.807) is 25.4 Å². The molecule has 3 aromatic heterocycles. The molecule has 9 heteroatoms. The Kier molecular flexibility index (Phi) is 5.88. The highest BCUT2D eigenvalue weighted by Crippen LogP contribution is 2.34. The average Bonchev–Trinajstić information content (AvgIpc) is 3.75. The van der Waals surface area contributed by atoms with E-state index in [2.05, 4.69) is 25.2 Å². The summed E-state index contributed by atoms with van der Waals surface area (Å²) in [5.41, 5.74) is 3.66. The van der Waals surface area contributed by atoms with Gasteiger partial charge in [-0.25, -0.2) is 9.97 Å². The molecule has 1 saturated carbocycles. The van der Waals surface area contributed by atoms with Crippen molar-refractivity contribution < 1.29 is 9.47 Å². The molecule has 4 heterocycles. The Hall–Kier alpha value is -4.14. The quantitative estimate of drug-likeness (QED) is 0.390. The van der Waals surface area contributed by atoms with Crippen molar-refractivity contribution in [2.24, 2.45) is 5.92 Å². The van der Waals surface area contributed by atoms with Gasteiger partial charge in [0.15, 0.2) is 0 Å². The molecule has 0 saturated heterocycles. The van der Waals surface area contributed by atoms with Gasteiger partial charge in [0.05, 0.1) is 31.5 Å². The molecule has 0 unspecified atom stereocenters. The Morgan fingerprint density at radius 3 is 2.89 bits per heavy atom. The summed E-state index contributed by atoms with van der Waals surface area (Å²) >= 11 is 0. The van der Waals surface area contributed by atoms with Crippen LogP contribution in [0.25, 0.3) is 10.9 Å². The Morgan fingerprint density at radius 1 is 1.17 bits per heavy atom. The topological polar surface area (TPSA) is 105 Å². The van der Waals surface area contributed by atoms with Gasteiger partial charge in [0, 0.05) is 43.2 Å². The van der Waals surface area contributed by atoms with Crippen LogP contribution in [0.1, 0.15) is 29.7 Å². The van der Waals surface area contributed by atoms with Gasteiger partial charge < -0.3 is 19.7 Å². The molecule has 184 valence electrons. The predicted octanol–water partition coefficient (Wildman–Crippen LogP) is 3.69. The van der Waals surface area contributed by atoms with Crippen molar-refractivity contribution in [1.29, 1.82) is 0 Å². The number of nitrogens with one attached hydrogen (secondary N) is 2. The Labute approximate surface area is 208 Å². The summed E-state index contributed by atoms with van der Waals surface area (Å²) in [5.74, 6) is 3.13. The van der Waals surface area contributed by atoms with Crippen LogP contribution in [0.5, 0.6) is 11.5 Å². The van der Waals surface area contributed by atoms with Crippen LogP contribution in [0.3, 0.4) is 0 Å². The molecule has 0 radical (unpaired) electrons. The van der Waals surface area contributed by atoms with Crippen molar-refractivity contribution in [3.8, 4) is 11.5 Å². The van der Waals surface area contributed by atoms with Crippen LogP contribution >= 0.6 is 0 Å². The molecule has 4 aromatic rings. The standard InChI is InChI=1S/C27H28N6O3/c1-35-20-12-22-24(23(13-20)36-16-17-5-6-17)26(34)32-27(31-22)33-11-8-21-18(15-33)7-10-29-25(21)30-14-19-4-2-3-9-28-19/h2-4,7,9-10,12-13,17H,5-6,8,11,14-16H2,1H3,(H,29,30)(H,31,32,34). The number of aromatic nitrogens is 4. The van der Waals surface area contributed by atoms with Gasteiger partial charge in [-0.2, -0.15) is 0 Å². The highest BCUT2D eigenvalue weighted by Gasteiger charge is 2.25. The van der Waals surface area contributed by atoms with Gasteiger partial charge in [-0.05, 0) is 48.9 Å². The van der Waals surface area contributed by atoms with Crippen LogP contribution < -0.4 is 25.2 Å². The maximum atomic E-state index is 13.2. The lowest BCUT2D eigenvalue weighted by Gasteiger charge is -2.30. The van der Waals surface area contributed by atoms with Crippen LogP contribution in [-0.4, -0.2) is 40.2 Å². The molecule has 0 atom stereocenters. The normalized spacial score (nSPS) is 15.0. The van der Waals surface area contributed by atoms with E-state index < -0.39 is 0 Å². The molecule has 1 aliphatic carbocycles. The number of rotatable bonds is 8. The SMILES string of the molecule is COc1cc(OCC2CC2)c2c(=O)[nH]c(N3CCc4c(ccnc4NCc4ccccn4)C3)nc2c1. The van der Waals surface area contributed by atoms with E-state index in [1.807, 2.05) is 30.5 Å². The monoisotopic (exact) mass is 484 g/mol. The van der Waals surface area contributed by atoms with Crippen LogP contribution in [0.15, 0.2) is 53.6 Å². The number of H-pyrrole nitrogens is 1. The second-order valence-electron chi connectivity index (χ2n) is 9.31. The lowest BCUT2D eigenvalue weighted by molar-refractivity contribution is 0.301. The molecule has 6 rings (SSSR count). The lowest BCUT2D eigenvalue weighted by atomic mass is 10.0. The van der Waals surface area contributed by atoms with Crippen molar-refractivity contribution in [3.63, 3.8) is 0 Å². The highest BCUT2D eigenvalue weighted by atomic mass is 16.5. The van der Waals surface area contributed by atoms with E-state index >= 15 is 0 Å². The number of aromatic amines is 1. The molecular weight excluding hydrogens is 456 g/mol. The maximum absolute atomic E-state index is 13.2. The zero-order valence-corrected chi connectivity index (χ0v) is 20.2. The van der Waals surface area contributed by atoms with Crippen LogP contribution in [0, 0.1) is 5.92 Å². The average molecular weight is 485 g/mol. The summed E-state index contributed by atoms with van der Waals surface area (Å²) < 4.78 is 11.5. The predicted molar refractivity (Wildman–Crippen MR) is 138 cm³/mol. The summed E-state index contributed by atoms with van der Waals surface area (Å²) in [6.07, 6.45) is 6.73. The van der Waals surface area contributed by atoms with Crippen LogP contribution in [0.4, 0.5) is 11.8 Å². The summed E-state index contributed by atoms with van der Waals surface area (Å²) in [6.45, 7) is 2.55. The zero-order valence-electron chi connectivity index (χ0n) is 20.2. The zero-order chi connectivity index (χ0) is 24.5. The van der Waals surface area contributed by atoms with Crippen molar-refractivity contribution >= 4 is 22.7 Å². The molecule has 1 aromatic carbocycles. The van der Waals surface area contributed by atoms with E-state index in [4.69, 9.17) is 14.5 Å². The smallest absolute Gasteiger partial charge is 0.263 e. The molecule has 9 nitrogen and oxygen atoms in total. The summed E-state index contributed by atoms with van der Waals surface area (Å²) in [7, 11) is 1.61. The first-order valence-corrected chi connectivity index (χ1v) is 12.3. The number of methoxy groups -OCH3 is 1. The third-order valence-electron chi connectivity index (χ3n) is 6.75. The van der Waals surface area contributed by atoms with Crippen LogP contribution in [0.2, 0.25) is 0 Å². The molecule has 1 fully saturated rings. The fraction of sp³-hybridized carbons (Fsp3) is 0.333. The highest BCUT2D eigenvalue weighted by molar-refractivity contribution is 5.86. The Bertz CT molecular complexity index is 1450. The van der Waals surface area contributed by atoms with Crippen LogP contribution in [-0.2, 0) is 19.5 Å². The summed E-state index contributed by atoms with van der Waals surface area (Å²) in [6, 6.07) is 11.5. The second-order valence-corrected chi connectivity index (χ2v) is 9.31. The number of pyridine rings is 2. The number of fused-ring (bicyclic) bond motifs is 2. The number of hydrogen-bond acceptors (Lipinski definition) is 8. The van der Waals surface area contributed by atoms with Crippen molar-refractivity contribution in [3.05, 3.63) is 76.0 Å².